The number of benzene rings is 3. The van der Waals surface area contributed by atoms with Crippen molar-refractivity contribution in [1.29, 1.82) is 0 Å². The van der Waals surface area contributed by atoms with Gasteiger partial charge in [-0.25, -0.2) is 0 Å². The van der Waals surface area contributed by atoms with Crippen molar-refractivity contribution in [2.75, 3.05) is 43.4 Å². The van der Waals surface area contributed by atoms with E-state index >= 15 is 0 Å². The second-order valence-electron chi connectivity index (χ2n) is 9.75. The van der Waals surface area contributed by atoms with Crippen molar-refractivity contribution in [2.45, 2.75) is 25.3 Å². The Balaban J connectivity index is 1.16. The number of hydrogen-bond acceptors (Lipinski definition) is 4. The van der Waals surface area contributed by atoms with E-state index in [0.717, 1.165) is 47.5 Å². The number of amides is 2. The summed E-state index contributed by atoms with van der Waals surface area (Å²) in [5, 5.41) is 4.18. The third-order valence-electron chi connectivity index (χ3n) is 7.26. The first-order chi connectivity index (χ1) is 18.5. The van der Waals surface area contributed by atoms with Crippen LogP contribution in [-0.4, -0.2) is 59.8 Å². The van der Waals surface area contributed by atoms with Gasteiger partial charge in [-0.05, 0) is 55.3 Å². The van der Waals surface area contributed by atoms with E-state index < -0.39 is 0 Å². The molecule has 2 heterocycles. The highest BCUT2D eigenvalue weighted by Gasteiger charge is 2.22. The highest BCUT2D eigenvalue weighted by atomic mass is 32.2. The van der Waals surface area contributed by atoms with Gasteiger partial charge in [0, 0.05) is 72.5 Å². The fourth-order valence-electron chi connectivity index (χ4n) is 4.87. The summed E-state index contributed by atoms with van der Waals surface area (Å²) in [6.45, 7) is 8.45. The van der Waals surface area contributed by atoms with E-state index in [2.05, 4.69) is 57.4 Å². The molecule has 1 aliphatic heterocycles. The van der Waals surface area contributed by atoms with E-state index in [-0.39, 0.29) is 11.8 Å². The monoisotopic (exact) mass is 526 g/mol. The minimum atomic E-state index is -0.0582. The van der Waals surface area contributed by atoms with Crippen molar-refractivity contribution in [2.24, 2.45) is 0 Å². The first-order valence-electron chi connectivity index (χ1n) is 13.1. The normalized spacial score (nSPS) is 13.6. The molecular weight excluding hydrogens is 492 g/mol. The fraction of sp³-hybridized carbons (Fsp3) is 0.290. The van der Waals surface area contributed by atoms with Gasteiger partial charge in [0.25, 0.3) is 5.91 Å². The van der Waals surface area contributed by atoms with Crippen molar-refractivity contribution < 1.29 is 9.59 Å². The Morgan fingerprint density at radius 3 is 2.37 bits per heavy atom. The maximum Gasteiger partial charge on any atom is 0.251 e. The number of aromatic nitrogens is 1. The number of nitrogens with one attached hydrogen (secondary N) is 1. The molecule has 0 unspecified atom stereocenters. The van der Waals surface area contributed by atoms with Crippen molar-refractivity contribution >= 4 is 40.2 Å². The van der Waals surface area contributed by atoms with Crippen LogP contribution in [0.15, 0.2) is 83.9 Å². The maximum atomic E-state index is 13.0. The van der Waals surface area contributed by atoms with Crippen molar-refractivity contribution in [1.82, 2.24) is 14.8 Å². The topological polar surface area (TPSA) is 57.6 Å². The van der Waals surface area contributed by atoms with Gasteiger partial charge >= 0.3 is 0 Å². The number of rotatable bonds is 8. The summed E-state index contributed by atoms with van der Waals surface area (Å²) in [4.78, 5) is 31.1. The Kier molecular flexibility index (Phi) is 8.03. The average Bonchev–Trinajstić information content (AvgIpc) is 3.31. The SMILES string of the molecule is Cc1ccc(C(=O)NCCn2cc(SCC(=O)N3CCN(c4ccccc4)CC3)c3ccccc32)cc1C. The number of carbonyl (C=O) groups excluding carboxylic acids is 2. The average molecular weight is 527 g/mol. The summed E-state index contributed by atoms with van der Waals surface area (Å²) in [5.41, 5.74) is 5.30. The second-order valence-corrected chi connectivity index (χ2v) is 10.8. The van der Waals surface area contributed by atoms with Crippen LogP contribution in [0.4, 0.5) is 5.69 Å². The maximum absolute atomic E-state index is 13.0. The zero-order chi connectivity index (χ0) is 26.5. The second kappa shape index (κ2) is 11.8. The Morgan fingerprint density at radius 1 is 0.868 bits per heavy atom. The summed E-state index contributed by atoms with van der Waals surface area (Å²) in [7, 11) is 0. The van der Waals surface area contributed by atoms with Gasteiger partial charge in [-0.2, -0.15) is 0 Å². The predicted octanol–water partition coefficient (Wildman–Crippen LogP) is 5.13. The van der Waals surface area contributed by atoms with Crippen LogP contribution in [0.25, 0.3) is 10.9 Å². The highest BCUT2D eigenvalue weighted by molar-refractivity contribution is 8.00. The molecule has 1 saturated heterocycles. The first kappa shape index (κ1) is 25.9. The number of carbonyl (C=O) groups is 2. The Labute approximate surface area is 228 Å². The molecule has 0 aliphatic carbocycles. The van der Waals surface area contributed by atoms with Gasteiger partial charge < -0.3 is 19.7 Å². The summed E-state index contributed by atoms with van der Waals surface area (Å²) in [6, 6.07) is 24.4. The molecule has 3 aromatic carbocycles. The Bertz CT molecular complexity index is 1420. The van der Waals surface area contributed by atoms with Crippen molar-refractivity contribution in [3.05, 3.63) is 95.7 Å². The molecule has 38 heavy (non-hydrogen) atoms. The number of para-hydroxylation sites is 2. The van der Waals surface area contributed by atoms with Gasteiger partial charge in [-0.1, -0.05) is 42.5 Å². The molecule has 6 nitrogen and oxygen atoms in total. The molecule has 2 amide bonds. The van der Waals surface area contributed by atoms with E-state index in [0.29, 0.717) is 24.4 Å². The number of hydrogen-bond donors (Lipinski definition) is 1. The molecule has 0 bridgehead atoms. The lowest BCUT2D eigenvalue weighted by Gasteiger charge is -2.36. The number of nitrogens with zero attached hydrogens (tertiary/aromatic N) is 3. The van der Waals surface area contributed by atoms with E-state index in [4.69, 9.17) is 0 Å². The molecular formula is C31H34N4O2S. The van der Waals surface area contributed by atoms with Crippen LogP contribution in [0.3, 0.4) is 0 Å². The van der Waals surface area contributed by atoms with Gasteiger partial charge in [-0.15, -0.1) is 11.8 Å². The van der Waals surface area contributed by atoms with Crippen LogP contribution in [0, 0.1) is 13.8 Å². The standard InChI is InChI=1S/C31H34N4O2S/c1-23-12-13-25(20-24(23)2)31(37)32-14-15-35-21-29(27-10-6-7-11-28(27)35)38-22-30(36)34-18-16-33(17-19-34)26-8-4-3-5-9-26/h3-13,20-21H,14-19,22H2,1-2H3,(H,32,37). The zero-order valence-electron chi connectivity index (χ0n) is 22.0. The number of piperazine rings is 1. The molecule has 196 valence electrons. The summed E-state index contributed by atoms with van der Waals surface area (Å²) in [5.74, 6) is 0.542. The third-order valence-corrected chi connectivity index (χ3v) is 8.29. The molecule has 1 aromatic heterocycles. The lowest BCUT2D eigenvalue weighted by atomic mass is 10.1. The highest BCUT2D eigenvalue weighted by Crippen LogP contribution is 2.30. The van der Waals surface area contributed by atoms with Crippen molar-refractivity contribution in [3.8, 4) is 0 Å². The Morgan fingerprint density at radius 2 is 1.61 bits per heavy atom. The van der Waals surface area contributed by atoms with Crippen molar-refractivity contribution in [3.63, 3.8) is 0 Å². The lowest BCUT2D eigenvalue weighted by Crippen LogP contribution is -2.49. The van der Waals surface area contributed by atoms with E-state index in [1.165, 1.54) is 11.3 Å². The van der Waals surface area contributed by atoms with Gasteiger partial charge in [0.15, 0.2) is 0 Å². The van der Waals surface area contributed by atoms with E-state index in [1.54, 1.807) is 11.8 Å². The predicted molar refractivity (Wildman–Crippen MR) is 156 cm³/mol. The summed E-state index contributed by atoms with van der Waals surface area (Å²) in [6.07, 6.45) is 2.11. The lowest BCUT2D eigenvalue weighted by molar-refractivity contribution is -0.128. The number of anilines is 1. The molecule has 1 N–H and O–H groups in total. The number of fused-ring (bicyclic) bond motifs is 1. The van der Waals surface area contributed by atoms with E-state index in [9.17, 15) is 9.59 Å². The van der Waals surface area contributed by atoms with Crippen LogP contribution in [-0.2, 0) is 11.3 Å². The number of aryl methyl sites for hydroxylation is 2. The molecule has 0 radical (unpaired) electrons. The molecule has 0 spiro atoms. The van der Waals surface area contributed by atoms with Crippen LogP contribution < -0.4 is 10.2 Å². The zero-order valence-corrected chi connectivity index (χ0v) is 22.8. The minimum Gasteiger partial charge on any atom is -0.368 e. The molecule has 4 aromatic rings. The Hall–Kier alpha value is -3.71. The summed E-state index contributed by atoms with van der Waals surface area (Å²) < 4.78 is 2.17. The quantitative estimate of drug-likeness (QED) is 0.324. The van der Waals surface area contributed by atoms with Gasteiger partial charge in [0.05, 0.1) is 5.75 Å². The van der Waals surface area contributed by atoms with Gasteiger partial charge in [-0.3, -0.25) is 9.59 Å². The van der Waals surface area contributed by atoms with Gasteiger partial charge in [0.2, 0.25) is 5.91 Å². The first-order valence-corrected chi connectivity index (χ1v) is 14.1. The van der Waals surface area contributed by atoms with Crippen LogP contribution in [0.2, 0.25) is 0 Å². The summed E-state index contributed by atoms with van der Waals surface area (Å²) >= 11 is 1.60. The van der Waals surface area contributed by atoms with Crippen LogP contribution >= 0.6 is 11.8 Å². The van der Waals surface area contributed by atoms with Gasteiger partial charge in [0.1, 0.15) is 0 Å². The molecule has 7 heteroatoms. The molecule has 5 rings (SSSR count). The smallest absolute Gasteiger partial charge is 0.251 e. The molecule has 1 fully saturated rings. The molecule has 0 atom stereocenters. The minimum absolute atomic E-state index is 0.0582. The number of thioether (sulfide) groups is 1. The third kappa shape index (κ3) is 5.89. The van der Waals surface area contributed by atoms with E-state index in [1.807, 2.05) is 55.1 Å². The molecule has 1 aliphatic rings. The fourth-order valence-corrected chi connectivity index (χ4v) is 5.86. The largest absolute Gasteiger partial charge is 0.368 e. The van der Waals surface area contributed by atoms with Crippen LogP contribution in [0.1, 0.15) is 21.5 Å². The molecule has 0 saturated carbocycles. The van der Waals surface area contributed by atoms with Crippen LogP contribution in [0.5, 0.6) is 0 Å².